The van der Waals surface area contributed by atoms with Crippen molar-refractivity contribution < 1.29 is 14.8 Å². The van der Waals surface area contributed by atoms with Gasteiger partial charge in [-0.1, -0.05) is 24.6 Å². The van der Waals surface area contributed by atoms with E-state index in [0.717, 1.165) is 11.3 Å². The van der Waals surface area contributed by atoms with Crippen molar-refractivity contribution in [1.29, 1.82) is 0 Å². The standard InChI is InChI=1S/C16H20N2O3/c1-11(4-9-15(19)18-21)10-12(2)16(20)13-5-7-14(17-3)8-6-13/h4-10,12,17,21H,1-3H3,(H,18,19)/b9-4+,11-10+. The number of hydroxylamine groups is 1. The summed E-state index contributed by atoms with van der Waals surface area (Å²) in [7, 11) is 1.82. The first kappa shape index (κ1) is 16.7. The molecule has 1 aromatic carbocycles. The summed E-state index contributed by atoms with van der Waals surface area (Å²) in [4.78, 5) is 23.1. The Hall–Kier alpha value is -2.40. The molecule has 5 nitrogen and oxygen atoms in total. The maximum absolute atomic E-state index is 12.3. The Labute approximate surface area is 124 Å². The molecule has 0 aliphatic carbocycles. The molecule has 1 unspecified atom stereocenters. The van der Waals surface area contributed by atoms with Crippen LogP contribution in [0, 0.1) is 5.92 Å². The molecule has 1 amide bonds. The highest BCUT2D eigenvalue weighted by atomic mass is 16.5. The van der Waals surface area contributed by atoms with Crippen LogP contribution in [0.4, 0.5) is 5.69 Å². The van der Waals surface area contributed by atoms with Crippen molar-refractivity contribution >= 4 is 17.4 Å². The Morgan fingerprint density at radius 3 is 2.33 bits per heavy atom. The van der Waals surface area contributed by atoms with Gasteiger partial charge in [0.1, 0.15) is 0 Å². The van der Waals surface area contributed by atoms with Gasteiger partial charge in [-0.15, -0.1) is 0 Å². The van der Waals surface area contributed by atoms with Crippen LogP contribution in [0.2, 0.25) is 0 Å². The fourth-order valence-electron chi connectivity index (χ4n) is 1.83. The van der Waals surface area contributed by atoms with Crippen LogP contribution < -0.4 is 10.8 Å². The summed E-state index contributed by atoms with van der Waals surface area (Å²) in [6.45, 7) is 3.59. The van der Waals surface area contributed by atoms with Gasteiger partial charge in [0.2, 0.25) is 0 Å². The zero-order chi connectivity index (χ0) is 15.8. The minimum Gasteiger partial charge on any atom is -0.388 e. The monoisotopic (exact) mass is 288 g/mol. The Morgan fingerprint density at radius 1 is 1.19 bits per heavy atom. The lowest BCUT2D eigenvalue weighted by Gasteiger charge is -2.08. The summed E-state index contributed by atoms with van der Waals surface area (Å²) in [5, 5.41) is 11.4. The number of hydrogen-bond donors (Lipinski definition) is 3. The second kappa shape index (κ2) is 8.01. The van der Waals surface area contributed by atoms with Crippen molar-refractivity contribution in [3.63, 3.8) is 0 Å². The predicted octanol–water partition coefficient (Wildman–Crippen LogP) is 2.56. The third kappa shape index (κ3) is 5.24. The minimum atomic E-state index is -0.607. The molecule has 0 aliphatic rings. The number of carbonyl (C=O) groups is 2. The van der Waals surface area contributed by atoms with Crippen LogP contribution in [0.15, 0.2) is 48.1 Å². The van der Waals surface area contributed by atoms with Gasteiger partial charge in [0.15, 0.2) is 5.78 Å². The SMILES string of the molecule is CNc1ccc(C(=O)C(C)/C=C(C)/C=C/C(=O)NO)cc1. The molecule has 5 heteroatoms. The van der Waals surface area contributed by atoms with E-state index in [-0.39, 0.29) is 11.7 Å². The topological polar surface area (TPSA) is 78.4 Å². The van der Waals surface area contributed by atoms with Gasteiger partial charge in [-0.2, -0.15) is 0 Å². The maximum atomic E-state index is 12.3. The zero-order valence-electron chi connectivity index (χ0n) is 12.4. The van der Waals surface area contributed by atoms with E-state index in [2.05, 4.69) is 5.32 Å². The van der Waals surface area contributed by atoms with Gasteiger partial charge in [-0.05, 0) is 31.2 Å². The van der Waals surface area contributed by atoms with Gasteiger partial charge in [0.05, 0.1) is 0 Å². The lowest BCUT2D eigenvalue weighted by atomic mass is 9.97. The molecule has 112 valence electrons. The van der Waals surface area contributed by atoms with Gasteiger partial charge in [-0.3, -0.25) is 14.8 Å². The van der Waals surface area contributed by atoms with Crippen molar-refractivity contribution in [1.82, 2.24) is 5.48 Å². The molecule has 0 aromatic heterocycles. The molecular formula is C16H20N2O3. The Kier molecular flexibility index (Phi) is 6.36. The number of ketones is 1. The highest BCUT2D eigenvalue weighted by molar-refractivity contribution is 5.99. The molecule has 0 heterocycles. The average Bonchev–Trinajstić information content (AvgIpc) is 2.51. The first-order valence-electron chi connectivity index (χ1n) is 6.60. The highest BCUT2D eigenvalue weighted by Gasteiger charge is 2.12. The predicted molar refractivity (Wildman–Crippen MR) is 82.3 cm³/mol. The van der Waals surface area contributed by atoms with Gasteiger partial charge in [0, 0.05) is 30.3 Å². The number of carbonyl (C=O) groups excluding carboxylic acids is 2. The first-order chi connectivity index (χ1) is 9.97. The van der Waals surface area contributed by atoms with Crippen LogP contribution in [0.1, 0.15) is 24.2 Å². The lowest BCUT2D eigenvalue weighted by molar-refractivity contribution is -0.124. The van der Waals surface area contributed by atoms with Gasteiger partial charge in [0.25, 0.3) is 5.91 Å². The molecule has 21 heavy (non-hydrogen) atoms. The zero-order valence-corrected chi connectivity index (χ0v) is 12.4. The maximum Gasteiger partial charge on any atom is 0.267 e. The van der Waals surface area contributed by atoms with Crippen molar-refractivity contribution in [3.05, 3.63) is 53.6 Å². The molecule has 0 fully saturated rings. The molecule has 0 bridgehead atoms. The van der Waals surface area contributed by atoms with Gasteiger partial charge >= 0.3 is 0 Å². The molecule has 1 aromatic rings. The van der Waals surface area contributed by atoms with E-state index in [1.54, 1.807) is 38.1 Å². The van der Waals surface area contributed by atoms with E-state index in [4.69, 9.17) is 5.21 Å². The van der Waals surface area contributed by atoms with E-state index < -0.39 is 5.91 Å². The molecule has 0 saturated heterocycles. The summed E-state index contributed by atoms with van der Waals surface area (Å²) in [5.74, 6) is -0.895. The summed E-state index contributed by atoms with van der Waals surface area (Å²) >= 11 is 0. The fraction of sp³-hybridized carbons (Fsp3) is 0.250. The summed E-state index contributed by atoms with van der Waals surface area (Å²) in [6, 6.07) is 7.26. The molecule has 0 spiro atoms. The smallest absolute Gasteiger partial charge is 0.267 e. The second-order valence-electron chi connectivity index (χ2n) is 4.70. The number of Topliss-reactive ketones (excluding diaryl/α,β-unsaturated/α-hetero) is 1. The van der Waals surface area contributed by atoms with Crippen LogP contribution in [-0.2, 0) is 4.79 Å². The van der Waals surface area contributed by atoms with Crippen LogP contribution in [0.25, 0.3) is 0 Å². The van der Waals surface area contributed by atoms with E-state index in [1.807, 2.05) is 19.2 Å². The van der Waals surface area contributed by atoms with E-state index in [9.17, 15) is 9.59 Å². The lowest BCUT2D eigenvalue weighted by Crippen LogP contribution is -2.15. The van der Waals surface area contributed by atoms with Crippen molar-refractivity contribution in [2.75, 3.05) is 12.4 Å². The van der Waals surface area contributed by atoms with Crippen molar-refractivity contribution in [2.45, 2.75) is 13.8 Å². The number of allylic oxidation sites excluding steroid dienone is 3. The Morgan fingerprint density at radius 2 is 1.81 bits per heavy atom. The van der Waals surface area contributed by atoms with E-state index in [0.29, 0.717) is 5.56 Å². The van der Waals surface area contributed by atoms with Crippen molar-refractivity contribution in [3.8, 4) is 0 Å². The summed E-state index contributed by atoms with van der Waals surface area (Å²) in [5.41, 5.74) is 3.87. The van der Waals surface area contributed by atoms with Crippen LogP contribution >= 0.6 is 0 Å². The molecule has 3 N–H and O–H groups in total. The number of amides is 1. The normalized spacial score (nSPS) is 13.0. The van der Waals surface area contributed by atoms with Crippen molar-refractivity contribution in [2.24, 2.45) is 5.92 Å². The molecule has 0 radical (unpaired) electrons. The minimum absolute atomic E-state index is 0.0111. The van der Waals surface area contributed by atoms with Crippen LogP contribution in [0.5, 0.6) is 0 Å². The number of hydrogen-bond acceptors (Lipinski definition) is 4. The highest BCUT2D eigenvalue weighted by Crippen LogP contribution is 2.15. The number of benzene rings is 1. The molecular weight excluding hydrogens is 268 g/mol. The molecule has 1 atom stereocenters. The molecule has 0 aliphatic heterocycles. The first-order valence-corrected chi connectivity index (χ1v) is 6.60. The fourth-order valence-corrected chi connectivity index (χ4v) is 1.83. The largest absolute Gasteiger partial charge is 0.388 e. The third-order valence-corrected chi connectivity index (χ3v) is 2.99. The second-order valence-corrected chi connectivity index (χ2v) is 4.70. The van der Waals surface area contributed by atoms with Crippen LogP contribution in [-0.4, -0.2) is 23.9 Å². The summed E-state index contributed by atoms with van der Waals surface area (Å²) in [6.07, 6.45) is 4.51. The molecule has 0 saturated carbocycles. The third-order valence-electron chi connectivity index (χ3n) is 2.99. The van der Waals surface area contributed by atoms with Gasteiger partial charge in [-0.25, -0.2) is 5.48 Å². The number of rotatable bonds is 6. The Balaban J connectivity index is 2.77. The van der Waals surface area contributed by atoms with Gasteiger partial charge < -0.3 is 5.32 Å². The summed E-state index contributed by atoms with van der Waals surface area (Å²) < 4.78 is 0. The quantitative estimate of drug-likeness (QED) is 0.247. The number of nitrogens with one attached hydrogen (secondary N) is 2. The van der Waals surface area contributed by atoms with E-state index in [1.165, 1.54) is 11.6 Å². The van der Waals surface area contributed by atoms with E-state index >= 15 is 0 Å². The Bertz CT molecular complexity index is 559. The average molecular weight is 288 g/mol. The molecule has 1 rings (SSSR count). The van der Waals surface area contributed by atoms with Crippen LogP contribution in [0.3, 0.4) is 0 Å². The number of anilines is 1.